The van der Waals surface area contributed by atoms with Crippen LogP contribution in [0.1, 0.15) is 38.2 Å². The third-order valence-electron chi connectivity index (χ3n) is 3.70. The molecule has 4 heteroatoms. The summed E-state index contributed by atoms with van der Waals surface area (Å²) < 4.78 is 5.55. The molecule has 0 spiro atoms. The highest BCUT2D eigenvalue weighted by Gasteiger charge is 2.16. The van der Waals surface area contributed by atoms with Gasteiger partial charge >= 0.3 is 0 Å². The summed E-state index contributed by atoms with van der Waals surface area (Å²) in [4.78, 5) is 13.8. The van der Waals surface area contributed by atoms with Crippen LogP contribution in [0.2, 0.25) is 0 Å². The van der Waals surface area contributed by atoms with Gasteiger partial charge in [-0.05, 0) is 37.0 Å². The number of rotatable bonds is 8. The fourth-order valence-electron chi connectivity index (χ4n) is 2.48. The summed E-state index contributed by atoms with van der Waals surface area (Å²) in [7, 11) is 0. The maximum atomic E-state index is 11.9. The number of likely N-dealkylation sites (tertiary alicyclic amines) is 1. The second kappa shape index (κ2) is 8.67. The van der Waals surface area contributed by atoms with Crippen LogP contribution in [0.15, 0.2) is 24.3 Å². The Balaban J connectivity index is 1.62. The Morgan fingerprint density at radius 2 is 1.95 bits per heavy atom. The molecule has 0 atom stereocenters. The molecule has 1 aromatic rings. The van der Waals surface area contributed by atoms with E-state index < -0.39 is 0 Å². The number of nitrogens with one attached hydrogen (secondary N) is 1. The Kier molecular flexibility index (Phi) is 6.54. The van der Waals surface area contributed by atoms with Crippen molar-refractivity contribution >= 4 is 5.91 Å². The van der Waals surface area contributed by atoms with Gasteiger partial charge < -0.3 is 15.0 Å². The van der Waals surface area contributed by atoms with Gasteiger partial charge in [0.05, 0.1) is 6.61 Å². The fourth-order valence-corrected chi connectivity index (χ4v) is 2.48. The summed E-state index contributed by atoms with van der Waals surface area (Å²) in [5.74, 6) is 1.20. The molecule has 0 bridgehead atoms. The maximum Gasteiger partial charge on any atom is 0.223 e. The van der Waals surface area contributed by atoms with Gasteiger partial charge in [-0.2, -0.15) is 0 Å². The van der Waals surface area contributed by atoms with E-state index in [0.717, 1.165) is 57.8 Å². The van der Waals surface area contributed by atoms with Crippen LogP contribution in [0.5, 0.6) is 5.75 Å². The summed E-state index contributed by atoms with van der Waals surface area (Å²) in [6.07, 6.45) is 3.93. The van der Waals surface area contributed by atoms with Crippen molar-refractivity contribution in [1.82, 2.24) is 10.2 Å². The molecular weight excluding hydrogens is 264 g/mol. The molecule has 116 valence electrons. The van der Waals surface area contributed by atoms with E-state index in [-0.39, 0.29) is 5.91 Å². The Morgan fingerprint density at radius 3 is 2.62 bits per heavy atom. The van der Waals surface area contributed by atoms with Crippen molar-refractivity contribution in [2.45, 2.75) is 39.2 Å². The Bertz CT molecular complexity index is 425. The van der Waals surface area contributed by atoms with Crippen molar-refractivity contribution in [3.63, 3.8) is 0 Å². The zero-order chi connectivity index (χ0) is 14.9. The molecule has 1 aliphatic heterocycles. The summed E-state index contributed by atoms with van der Waals surface area (Å²) in [6.45, 7) is 6.28. The minimum Gasteiger partial charge on any atom is -0.494 e. The molecule has 1 N–H and O–H groups in total. The van der Waals surface area contributed by atoms with Gasteiger partial charge in [0.1, 0.15) is 5.75 Å². The highest BCUT2D eigenvalue weighted by Crippen LogP contribution is 2.12. The maximum absolute atomic E-state index is 11.9. The molecule has 1 amide bonds. The van der Waals surface area contributed by atoms with Crippen molar-refractivity contribution in [1.29, 1.82) is 0 Å². The van der Waals surface area contributed by atoms with Crippen molar-refractivity contribution in [3.05, 3.63) is 29.8 Å². The average molecular weight is 290 g/mol. The topological polar surface area (TPSA) is 41.6 Å². The minimum absolute atomic E-state index is 0.281. The highest BCUT2D eigenvalue weighted by molar-refractivity contribution is 5.76. The zero-order valence-electron chi connectivity index (χ0n) is 12.9. The lowest BCUT2D eigenvalue weighted by atomic mass is 10.2. The lowest BCUT2D eigenvalue weighted by Crippen LogP contribution is -2.30. The number of carbonyl (C=O) groups is 1. The molecular formula is C17H26N2O2. The number of carbonyl (C=O) groups excluding carboxylic acids is 1. The Hall–Kier alpha value is -1.55. The summed E-state index contributed by atoms with van der Waals surface area (Å²) >= 11 is 0. The quantitative estimate of drug-likeness (QED) is 0.748. The smallest absolute Gasteiger partial charge is 0.223 e. The van der Waals surface area contributed by atoms with E-state index in [4.69, 9.17) is 4.74 Å². The molecule has 1 heterocycles. The number of amides is 1. The highest BCUT2D eigenvalue weighted by atomic mass is 16.5. The second-order valence-corrected chi connectivity index (χ2v) is 5.51. The summed E-state index contributed by atoms with van der Waals surface area (Å²) in [6, 6.07) is 8.14. The molecule has 4 nitrogen and oxygen atoms in total. The number of hydrogen-bond donors (Lipinski definition) is 1. The Morgan fingerprint density at radius 1 is 1.24 bits per heavy atom. The van der Waals surface area contributed by atoms with Crippen molar-refractivity contribution < 1.29 is 9.53 Å². The molecule has 0 saturated carbocycles. The third kappa shape index (κ3) is 5.38. The van der Waals surface area contributed by atoms with Gasteiger partial charge in [-0.25, -0.2) is 0 Å². The van der Waals surface area contributed by atoms with Crippen LogP contribution in [-0.2, 0) is 11.3 Å². The lowest BCUT2D eigenvalue weighted by molar-refractivity contribution is -0.130. The predicted octanol–water partition coefficient (Wildman–Crippen LogP) is 2.58. The first-order valence-electron chi connectivity index (χ1n) is 8.00. The van der Waals surface area contributed by atoms with Crippen LogP contribution in [0.4, 0.5) is 0 Å². The van der Waals surface area contributed by atoms with Gasteiger partial charge in [-0.15, -0.1) is 0 Å². The molecule has 1 saturated heterocycles. The SMILES string of the molecule is CCCOc1ccc(CNCCC(=O)N2CCCC2)cc1. The van der Waals surface area contributed by atoms with Crippen molar-refractivity contribution in [3.8, 4) is 5.75 Å². The largest absolute Gasteiger partial charge is 0.494 e. The van der Waals surface area contributed by atoms with Gasteiger partial charge in [0, 0.05) is 32.6 Å². The normalized spacial score (nSPS) is 14.4. The van der Waals surface area contributed by atoms with E-state index in [2.05, 4.69) is 24.4 Å². The molecule has 21 heavy (non-hydrogen) atoms. The first-order chi connectivity index (χ1) is 10.3. The van der Waals surface area contributed by atoms with E-state index in [1.54, 1.807) is 0 Å². The van der Waals surface area contributed by atoms with Crippen molar-refractivity contribution in [2.75, 3.05) is 26.2 Å². The van der Waals surface area contributed by atoms with Crippen LogP contribution in [-0.4, -0.2) is 37.0 Å². The molecule has 0 radical (unpaired) electrons. The van der Waals surface area contributed by atoms with Gasteiger partial charge in [-0.3, -0.25) is 4.79 Å². The third-order valence-corrected chi connectivity index (χ3v) is 3.70. The van der Waals surface area contributed by atoms with Gasteiger partial charge in [0.25, 0.3) is 0 Å². The van der Waals surface area contributed by atoms with Gasteiger partial charge in [0.15, 0.2) is 0 Å². The van der Waals surface area contributed by atoms with Crippen LogP contribution < -0.4 is 10.1 Å². The monoisotopic (exact) mass is 290 g/mol. The van der Waals surface area contributed by atoms with Crippen LogP contribution >= 0.6 is 0 Å². The Labute approximate surface area is 127 Å². The van der Waals surface area contributed by atoms with Crippen LogP contribution in [0, 0.1) is 0 Å². The van der Waals surface area contributed by atoms with Gasteiger partial charge in [0.2, 0.25) is 5.91 Å². The predicted molar refractivity (Wildman–Crippen MR) is 84.4 cm³/mol. The first kappa shape index (κ1) is 15.8. The van der Waals surface area contributed by atoms with E-state index in [1.807, 2.05) is 17.0 Å². The molecule has 0 unspecified atom stereocenters. The standard InChI is InChI=1S/C17H26N2O2/c1-2-13-21-16-7-5-15(6-8-16)14-18-10-9-17(20)19-11-3-4-12-19/h5-8,18H,2-4,9-14H2,1H3. The molecule has 2 rings (SSSR count). The number of nitrogens with zero attached hydrogens (tertiary/aromatic N) is 1. The van der Waals surface area contributed by atoms with Crippen LogP contribution in [0.25, 0.3) is 0 Å². The number of benzene rings is 1. The van der Waals surface area contributed by atoms with E-state index in [1.165, 1.54) is 5.56 Å². The van der Waals surface area contributed by atoms with E-state index in [9.17, 15) is 4.79 Å². The van der Waals surface area contributed by atoms with Gasteiger partial charge in [-0.1, -0.05) is 19.1 Å². The lowest BCUT2D eigenvalue weighted by Gasteiger charge is -2.15. The van der Waals surface area contributed by atoms with Crippen molar-refractivity contribution in [2.24, 2.45) is 0 Å². The first-order valence-corrected chi connectivity index (χ1v) is 8.00. The fraction of sp³-hybridized carbons (Fsp3) is 0.588. The zero-order valence-corrected chi connectivity index (χ0v) is 12.9. The summed E-state index contributed by atoms with van der Waals surface area (Å²) in [5.41, 5.74) is 1.22. The minimum atomic E-state index is 0.281. The average Bonchev–Trinajstić information content (AvgIpc) is 3.05. The number of hydrogen-bond acceptors (Lipinski definition) is 3. The molecule has 0 aromatic heterocycles. The van der Waals surface area contributed by atoms with E-state index in [0.29, 0.717) is 6.42 Å². The molecule has 1 aliphatic rings. The molecule has 1 aromatic carbocycles. The van der Waals surface area contributed by atoms with Crippen LogP contribution in [0.3, 0.4) is 0 Å². The number of ether oxygens (including phenoxy) is 1. The van der Waals surface area contributed by atoms with E-state index >= 15 is 0 Å². The summed E-state index contributed by atoms with van der Waals surface area (Å²) in [5, 5.41) is 3.33. The molecule has 0 aliphatic carbocycles. The molecule has 1 fully saturated rings. The second-order valence-electron chi connectivity index (χ2n) is 5.51.